The van der Waals surface area contributed by atoms with Crippen molar-refractivity contribution < 1.29 is 9.47 Å². The van der Waals surface area contributed by atoms with Gasteiger partial charge in [-0.15, -0.1) is 5.10 Å². The maximum Gasteiger partial charge on any atom is 0.159 e. The second-order valence-electron chi connectivity index (χ2n) is 5.59. The Hall–Kier alpha value is -2.24. The fraction of sp³-hybridized carbons (Fsp3) is 0.333. The summed E-state index contributed by atoms with van der Waals surface area (Å²) in [6.07, 6.45) is 0.355. The number of benzene rings is 2. The molecule has 0 bridgehead atoms. The maximum absolute atomic E-state index is 5.40. The molecule has 23 heavy (non-hydrogen) atoms. The summed E-state index contributed by atoms with van der Waals surface area (Å²) in [5.41, 5.74) is 4.27. The smallest absolute Gasteiger partial charge is 0.159 e. The van der Waals surface area contributed by atoms with Gasteiger partial charge in [-0.1, -0.05) is 47.2 Å². The Morgan fingerprint density at radius 2 is 1.70 bits per heavy atom. The summed E-state index contributed by atoms with van der Waals surface area (Å²) in [6.45, 7) is 2.08. The lowest BCUT2D eigenvalue weighted by Crippen LogP contribution is -2.22. The van der Waals surface area contributed by atoms with Crippen LogP contribution in [0.3, 0.4) is 0 Å². The summed E-state index contributed by atoms with van der Waals surface area (Å²) >= 11 is 0. The van der Waals surface area contributed by atoms with Crippen LogP contribution in [0.1, 0.15) is 23.6 Å². The van der Waals surface area contributed by atoms with E-state index in [-0.39, 0.29) is 12.3 Å². The number of nitrogens with zero attached hydrogens (tertiary/aromatic N) is 3. The highest BCUT2D eigenvalue weighted by atomic mass is 16.7. The van der Waals surface area contributed by atoms with Crippen molar-refractivity contribution in [3.63, 3.8) is 0 Å². The van der Waals surface area contributed by atoms with Gasteiger partial charge in [0.2, 0.25) is 0 Å². The molecule has 3 rings (SSSR count). The number of rotatable bonds is 6. The zero-order valence-corrected chi connectivity index (χ0v) is 13.6. The van der Waals surface area contributed by atoms with Gasteiger partial charge < -0.3 is 9.47 Å². The van der Waals surface area contributed by atoms with Gasteiger partial charge in [0.05, 0.1) is 11.6 Å². The Kier molecular flexibility index (Phi) is 4.69. The molecule has 0 saturated heterocycles. The normalized spacial score (nSPS) is 12.9. The first-order valence-electron chi connectivity index (χ1n) is 7.65. The molecule has 1 heterocycles. The lowest BCUT2D eigenvalue weighted by atomic mass is 10.0. The summed E-state index contributed by atoms with van der Waals surface area (Å²) < 4.78 is 12.8. The second-order valence-corrected chi connectivity index (χ2v) is 5.59. The summed E-state index contributed by atoms with van der Waals surface area (Å²) in [5, 5.41) is 8.64. The molecule has 0 radical (unpaired) electrons. The number of ether oxygens (including phenoxy) is 2. The number of methoxy groups -OCH3 is 2. The van der Waals surface area contributed by atoms with E-state index >= 15 is 0 Å². The molecule has 0 fully saturated rings. The highest BCUT2D eigenvalue weighted by Crippen LogP contribution is 2.27. The maximum atomic E-state index is 5.40. The average Bonchev–Trinajstić information content (AvgIpc) is 3.01. The highest BCUT2D eigenvalue weighted by Gasteiger charge is 2.22. The van der Waals surface area contributed by atoms with Crippen LogP contribution in [0.25, 0.3) is 11.0 Å². The van der Waals surface area contributed by atoms with Crippen LogP contribution in [-0.2, 0) is 9.47 Å². The zero-order valence-electron chi connectivity index (χ0n) is 13.6. The molecule has 0 spiro atoms. The lowest BCUT2D eigenvalue weighted by molar-refractivity contribution is -0.111. The van der Waals surface area contributed by atoms with Crippen LogP contribution >= 0.6 is 0 Å². The Morgan fingerprint density at radius 3 is 2.39 bits per heavy atom. The molecular formula is C18H21N3O2. The van der Waals surface area contributed by atoms with Crippen LogP contribution in [0.2, 0.25) is 0 Å². The van der Waals surface area contributed by atoms with Gasteiger partial charge in [-0.05, 0) is 24.6 Å². The highest BCUT2D eigenvalue weighted by molar-refractivity contribution is 5.74. The van der Waals surface area contributed by atoms with E-state index in [1.165, 1.54) is 5.56 Å². The van der Waals surface area contributed by atoms with Gasteiger partial charge in [0.25, 0.3) is 0 Å². The number of fused-ring (bicyclic) bond motifs is 1. The zero-order chi connectivity index (χ0) is 16.2. The molecule has 1 aromatic heterocycles. The van der Waals surface area contributed by atoms with Crippen molar-refractivity contribution in [3.8, 4) is 0 Å². The van der Waals surface area contributed by atoms with E-state index < -0.39 is 0 Å². The van der Waals surface area contributed by atoms with Crippen molar-refractivity contribution in [1.82, 2.24) is 15.0 Å². The quantitative estimate of drug-likeness (QED) is 0.655. The third-order valence-electron chi connectivity index (χ3n) is 4.08. The van der Waals surface area contributed by atoms with Crippen LogP contribution < -0.4 is 0 Å². The van der Waals surface area contributed by atoms with E-state index in [2.05, 4.69) is 41.5 Å². The molecule has 5 nitrogen and oxygen atoms in total. The van der Waals surface area contributed by atoms with E-state index in [0.29, 0.717) is 6.42 Å². The van der Waals surface area contributed by atoms with Crippen molar-refractivity contribution in [2.24, 2.45) is 0 Å². The first-order chi connectivity index (χ1) is 11.2. The number of aromatic nitrogens is 3. The van der Waals surface area contributed by atoms with Gasteiger partial charge in [0.1, 0.15) is 5.52 Å². The summed E-state index contributed by atoms with van der Waals surface area (Å²) in [6, 6.07) is 16.4. The standard InChI is InChI=1S/C18H21N3O2/c1-13-8-10-14(11-9-13)17(12-18(22-2)23-3)21-16-7-5-4-6-15(16)19-20-21/h4-11,17-18H,12H2,1-3H3. The van der Waals surface area contributed by atoms with Gasteiger partial charge in [0, 0.05) is 20.6 Å². The molecule has 5 heteroatoms. The molecule has 1 unspecified atom stereocenters. The largest absolute Gasteiger partial charge is 0.356 e. The molecule has 120 valence electrons. The predicted molar refractivity (Wildman–Crippen MR) is 89.3 cm³/mol. The fourth-order valence-electron chi connectivity index (χ4n) is 2.75. The molecule has 3 aromatic rings. The predicted octanol–water partition coefficient (Wildman–Crippen LogP) is 3.34. The van der Waals surface area contributed by atoms with E-state index in [9.17, 15) is 0 Å². The molecule has 1 atom stereocenters. The van der Waals surface area contributed by atoms with Crippen molar-refractivity contribution in [1.29, 1.82) is 0 Å². The summed E-state index contributed by atoms with van der Waals surface area (Å²) in [4.78, 5) is 0. The average molecular weight is 311 g/mol. The molecule has 0 aliphatic carbocycles. The Balaban J connectivity index is 2.05. The second kappa shape index (κ2) is 6.89. The Labute approximate surface area is 135 Å². The van der Waals surface area contributed by atoms with Crippen molar-refractivity contribution >= 4 is 11.0 Å². The van der Waals surface area contributed by atoms with E-state index in [4.69, 9.17) is 9.47 Å². The molecule has 0 N–H and O–H groups in total. The third kappa shape index (κ3) is 3.25. The van der Waals surface area contributed by atoms with Crippen molar-refractivity contribution in [2.45, 2.75) is 25.7 Å². The first-order valence-corrected chi connectivity index (χ1v) is 7.65. The van der Waals surface area contributed by atoms with Crippen LogP contribution in [-0.4, -0.2) is 35.5 Å². The van der Waals surface area contributed by atoms with Crippen molar-refractivity contribution in [2.75, 3.05) is 14.2 Å². The summed E-state index contributed by atoms with van der Waals surface area (Å²) in [5.74, 6) is 0. The Morgan fingerprint density at radius 1 is 1.00 bits per heavy atom. The number of para-hydroxylation sites is 1. The molecule has 2 aromatic carbocycles. The topological polar surface area (TPSA) is 49.2 Å². The lowest BCUT2D eigenvalue weighted by Gasteiger charge is -2.23. The minimum atomic E-state index is -0.302. The van der Waals surface area contributed by atoms with Crippen LogP contribution in [0.5, 0.6) is 0 Å². The minimum Gasteiger partial charge on any atom is -0.356 e. The monoisotopic (exact) mass is 311 g/mol. The number of aryl methyl sites for hydroxylation is 1. The van der Waals surface area contributed by atoms with Gasteiger partial charge in [-0.2, -0.15) is 0 Å². The van der Waals surface area contributed by atoms with Crippen molar-refractivity contribution in [3.05, 3.63) is 59.7 Å². The third-order valence-corrected chi connectivity index (χ3v) is 4.08. The molecular weight excluding hydrogens is 290 g/mol. The number of hydrogen-bond donors (Lipinski definition) is 0. The van der Waals surface area contributed by atoms with E-state index in [1.807, 2.05) is 28.9 Å². The number of hydrogen-bond acceptors (Lipinski definition) is 4. The molecule has 0 amide bonds. The first kappa shape index (κ1) is 15.6. The Bertz CT molecular complexity index is 763. The van der Waals surface area contributed by atoms with E-state index in [0.717, 1.165) is 16.6 Å². The summed E-state index contributed by atoms with van der Waals surface area (Å²) in [7, 11) is 3.31. The van der Waals surface area contributed by atoms with Gasteiger partial charge in [0.15, 0.2) is 6.29 Å². The SMILES string of the molecule is COC(CC(c1ccc(C)cc1)n1nnc2ccccc21)OC. The fourth-order valence-corrected chi connectivity index (χ4v) is 2.75. The van der Waals surface area contributed by atoms with Crippen LogP contribution in [0.4, 0.5) is 0 Å². The molecule has 0 aliphatic rings. The van der Waals surface area contributed by atoms with Gasteiger partial charge >= 0.3 is 0 Å². The van der Waals surface area contributed by atoms with Gasteiger partial charge in [-0.25, -0.2) is 4.68 Å². The van der Waals surface area contributed by atoms with E-state index in [1.54, 1.807) is 14.2 Å². The minimum absolute atomic E-state index is 0.00657. The van der Waals surface area contributed by atoms with Gasteiger partial charge in [-0.3, -0.25) is 0 Å². The molecule has 0 saturated carbocycles. The van der Waals surface area contributed by atoms with Crippen LogP contribution in [0.15, 0.2) is 48.5 Å². The van der Waals surface area contributed by atoms with Crippen LogP contribution in [0, 0.1) is 6.92 Å². The molecule has 0 aliphatic heterocycles.